The first-order chi connectivity index (χ1) is 11.1. The largest absolute Gasteiger partial charge is 0.508 e. The number of unbranched alkanes of at least 4 members (excludes halogenated alkanes) is 1. The smallest absolute Gasteiger partial charge is 0.275 e. The number of aromatic nitrogens is 2. The minimum absolute atomic E-state index is 0.147. The Labute approximate surface area is 137 Å². The number of nitrogens with zero attached hydrogens (tertiary/aromatic N) is 2. The lowest BCUT2D eigenvalue weighted by Gasteiger charge is -2.05. The summed E-state index contributed by atoms with van der Waals surface area (Å²) in [6, 6.07) is 8.17. The molecule has 6 heteroatoms. The van der Waals surface area contributed by atoms with Crippen LogP contribution in [0.5, 0.6) is 5.75 Å². The fourth-order valence-corrected chi connectivity index (χ4v) is 3.49. The molecule has 2 heterocycles. The third-order valence-electron chi connectivity index (χ3n) is 3.74. The fraction of sp³-hybridized carbons (Fsp3) is 0.294. The van der Waals surface area contributed by atoms with E-state index in [9.17, 15) is 15.0 Å². The number of aliphatic hydroxyl groups is 1. The van der Waals surface area contributed by atoms with Crippen molar-refractivity contribution in [1.82, 2.24) is 9.55 Å². The predicted molar refractivity (Wildman–Crippen MR) is 91.4 cm³/mol. The number of aliphatic hydroxyl groups excluding tert-OH is 1. The second kappa shape index (κ2) is 6.52. The number of rotatable bonds is 5. The van der Waals surface area contributed by atoms with E-state index in [1.807, 2.05) is 0 Å². The fourth-order valence-electron chi connectivity index (χ4n) is 2.43. The minimum Gasteiger partial charge on any atom is -0.508 e. The van der Waals surface area contributed by atoms with Crippen LogP contribution in [0, 0.1) is 0 Å². The molecule has 3 rings (SSSR count). The highest BCUT2D eigenvalue weighted by molar-refractivity contribution is 7.19. The summed E-state index contributed by atoms with van der Waals surface area (Å²) in [4.78, 5) is 17.8. The lowest BCUT2D eigenvalue weighted by atomic mass is 10.1. The van der Waals surface area contributed by atoms with Crippen LogP contribution in [0.15, 0.2) is 41.5 Å². The van der Waals surface area contributed by atoms with Crippen LogP contribution >= 0.6 is 11.3 Å². The van der Waals surface area contributed by atoms with Gasteiger partial charge in [0.05, 0.1) is 17.3 Å². The van der Waals surface area contributed by atoms with Crippen molar-refractivity contribution in [3.8, 4) is 11.4 Å². The van der Waals surface area contributed by atoms with Crippen molar-refractivity contribution in [3.63, 3.8) is 0 Å². The van der Waals surface area contributed by atoms with Gasteiger partial charge in [0.15, 0.2) is 0 Å². The molecule has 0 aliphatic carbocycles. The van der Waals surface area contributed by atoms with Gasteiger partial charge in [0, 0.05) is 4.88 Å². The maximum atomic E-state index is 12.7. The van der Waals surface area contributed by atoms with Crippen molar-refractivity contribution in [1.29, 1.82) is 0 Å². The number of hydrogen-bond acceptors (Lipinski definition) is 5. The van der Waals surface area contributed by atoms with Crippen molar-refractivity contribution in [3.05, 3.63) is 51.9 Å². The summed E-state index contributed by atoms with van der Waals surface area (Å²) in [5.74, 6) is 0.147. The van der Waals surface area contributed by atoms with Crippen molar-refractivity contribution >= 4 is 21.6 Å². The first-order valence-corrected chi connectivity index (χ1v) is 8.40. The maximum absolute atomic E-state index is 12.7. The summed E-state index contributed by atoms with van der Waals surface area (Å²) in [7, 11) is 0. The van der Waals surface area contributed by atoms with Crippen LogP contribution in [-0.2, 0) is 0 Å². The monoisotopic (exact) mass is 330 g/mol. The molecule has 0 spiro atoms. The van der Waals surface area contributed by atoms with E-state index in [1.165, 1.54) is 34.4 Å². The third-order valence-corrected chi connectivity index (χ3v) is 4.96. The SMILES string of the molecule is CCCCC(O)c1cc2ncn(-c3ccc(O)cc3)c(=O)c2s1. The van der Waals surface area contributed by atoms with Gasteiger partial charge in [-0.1, -0.05) is 19.8 Å². The number of phenolic OH excluding ortho intramolecular Hbond substituents is 1. The summed E-state index contributed by atoms with van der Waals surface area (Å²) in [5.41, 5.74) is 1.09. The molecule has 0 amide bonds. The Balaban J connectivity index is 2.02. The van der Waals surface area contributed by atoms with Crippen LogP contribution in [0.25, 0.3) is 15.9 Å². The van der Waals surface area contributed by atoms with E-state index in [-0.39, 0.29) is 11.3 Å². The highest BCUT2D eigenvalue weighted by Gasteiger charge is 2.15. The highest BCUT2D eigenvalue weighted by atomic mass is 32.1. The Morgan fingerprint density at radius 2 is 2.04 bits per heavy atom. The standard InChI is InChI=1S/C17H18N2O3S/c1-2-3-4-14(21)15-9-13-16(23-15)17(22)19(10-18-13)11-5-7-12(20)8-6-11/h5-10,14,20-21H,2-4H2,1H3. The Hall–Kier alpha value is -2.18. The average molecular weight is 330 g/mol. The minimum atomic E-state index is -0.546. The van der Waals surface area contributed by atoms with Gasteiger partial charge < -0.3 is 10.2 Å². The molecule has 2 aromatic heterocycles. The molecule has 0 aliphatic rings. The number of hydrogen-bond donors (Lipinski definition) is 2. The van der Waals surface area contributed by atoms with Crippen molar-refractivity contribution in [2.75, 3.05) is 0 Å². The summed E-state index contributed by atoms with van der Waals surface area (Å²) in [6.45, 7) is 2.08. The number of phenols is 1. The third kappa shape index (κ3) is 3.13. The van der Waals surface area contributed by atoms with Crippen LogP contribution in [0.3, 0.4) is 0 Å². The number of aromatic hydroxyl groups is 1. The molecule has 0 fully saturated rings. The van der Waals surface area contributed by atoms with Gasteiger partial charge in [-0.2, -0.15) is 0 Å². The van der Waals surface area contributed by atoms with Crippen molar-refractivity contribution in [2.45, 2.75) is 32.3 Å². The molecule has 1 unspecified atom stereocenters. The van der Waals surface area contributed by atoms with Gasteiger partial charge in [0.25, 0.3) is 5.56 Å². The first-order valence-electron chi connectivity index (χ1n) is 7.58. The molecule has 1 aromatic carbocycles. The molecule has 23 heavy (non-hydrogen) atoms. The van der Waals surface area contributed by atoms with Crippen LogP contribution in [0.2, 0.25) is 0 Å². The Kier molecular flexibility index (Phi) is 4.45. The predicted octanol–water partition coefficient (Wildman–Crippen LogP) is 3.38. The Bertz CT molecular complexity index is 868. The van der Waals surface area contributed by atoms with E-state index in [0.29, 0.717) is 22.3 Å². The molecule has 3 aromatic rings. The van der Waals surface area contributed by atoms with Crippen molar-refractivity contribution in [2.24, 2.45) is 0 Å². The molecule has 0 aliphatic heterocycles. The molecule has 5 nitrogen and oxygen atoms in total. The summed E-state index contributed by atoms with van der Waals surface area (Å²) in [5, 5.41) is 19.6. The second-order valence-corrected chi connectivity index (χ2v) is 6.54. The normalized spacial score (nSPS) is 12.6. The zero-order chi connectivity index (χ0) is 16.4. The quantitative estimate of drug-likeness (QED) is 0.752. The van der Waals surface area contributed by atoms with Gasteiger partial charge in [-0.15, -0.1) is 11.3 Å². The number of thiophene rings is 1. The van der Waals surface area contributed by atoms with E-state index in [4.69, 9.17) is 0 Å². The summed E-state index contributed by atoms with van der Waals surface area (Å²) < 4.78 is 1.98. The first kappa shape index (κ1) is 15.7. The zero-order valence-corrected chi connectivity index (χ0v) is 13.6. The van der Waals surface area contributed by atoms with Crippen molar-refractivity contribution < 1.29 is 10.2 Å². The Morgan fingerprint density at radius 1 is 1.30 bits per heavy atom. The van der Waals surface area contributed by atoms with Gasteiger partial charge in [0.1, 0.15) is 16.8 Å². The topological polar surface area (TPSA) is 75.3 Å². The molecule has 120 valence electrons. The molecule has 1 atom stereocenters. The molecular formula is C17H18N2O3S. The molecule has 2 N–H and O–H groups in total. The molecule has 0 bridgehead atoms. The van der Waals surface area contributed by atoms with E-state index in [1.54, 1.807) is 18.2 Å². The van der Waals surface area contributed by atoms with Gasteiger partial charge in [-0.05, 0) is 36.8 Å². The summed E-state index contributed by atoms with van der Waals surface area (Å²) in [6.07, 6.45) is 3.59. The van der Waals surface area contributed by atoms with E-state index in [2.05, 4.69) is 11.9 Å². The van der Waals surface area contributed by atoms with Crippen LogP contribution in [0.4, 0.5) is 0 Å². The van der Waals surface area contributed by atoms with E-state index >= 15 is 0 Å². The van der Waals surface area contributed by atoms with Crippen LogP contribution < -0.4 is 5.56 Å². The highest BCUT2D eigenvalue weighted by Crippen LogP contribution is 2.29. The number of fused-ring (bicyclic) bond motifs is 1. The van der Waals surface area contributed by atoms with Gasteiger partial charge >= 0.3 is 0 Å². The van der Waals surface area contributed by atoms with E-state index in [0.717, 1.165) is 17.7 Å². The molecule has 0 saturated heterocycles. The lowest BCUT2D eigenvalue weighted by molar-refractivity contribution is 0.168. The van der Waals surface area contributed by atoms with Crippen LogP contribution in [0.1, 0.15) is 37.2 Å². The Morgan fingerprint density at radius 3 is 2.74 bits per heavy atom. The van der Waals surface area contributed by atoms with Crippen LogP contribution in [-0.4, -0.2) is 19.8 Å². The summed E-state index contributed by atoms with van der Waals surface area (Å²) >= 11 is 1.30. The lowest BCUT2D eigenvalue weighted by Crippen LogP contribution is -2.17. The molecule has 0 radical (unpaired) electrons. The van der Waals surface area contributed by atoms with Gasteiger partial charge in [0.2, 0.25) is 0 Å². The number of benzene rings is 1. The second-order valence-electron chi connectivity index (χ2n) is 5.46. The van der Waals surface area contributed by atoms with E-state index < -0.39 is 6.10 Å². The molecular weight excluding hydrogens is 312 g/mol. The average Bonchev–Trinajstić information content (AvgIpc) is 2.99. The van der Waals surface area contributed by atoms with Gasteiger partial charge in [-0.3, -0.25) is 9.36 Å². The maximum Gasteiger partial charge on any atom is 0.275 e. The van der Waals surface area contributed by atoms with Gasteiger partial charge in [-0.25, -0.2) is 4.98 Å². The zero-order valence-electron chi connectivity index (χ0n) is 12.8. The molecule has 0 saturated carbocycles.